The van der Waals surface area contributed by atoms with E-state index in [0.717, 1.165) is 30.3 Å². The highest BCUT2D eigenvalue weighted by Crippen LogP contribution is 2.34. The summed E-state index contributed by atoms with van der Waals surface area (Å²) in [6, 6.07) is 3.76. The highest BCUT2D eigenvalue weighted by atomic mass is 35.5. The molecule has 0 bridgehead atoms. The summed E-state index contributed by atoms with van der Waals surface area (Å²) in [6.45, 7) is 0.831. The van der Waals surface area contributed by atoms with Gasteiger partial charge in [0.15, 0.2) is 0 Å². The number of fused-ring (bicyclic) bond motifs is 2. The molecule has 1 aromatic heterocycles. The predicted octanol–water partition coefficient (Wildman–Crippen LogP) is 4.14. The number of aromatic nitrogens is 1. The van der Waals surface area contributed by atoms with Crippen LogP contribution >= 0.6 is 23.2 Å². The van der Waals surface area contributed by atoms with E-state index in [1.54, 1.807) is 6.07 Å². The fraction of sp³-hybridized carbons (Fsp3) is 0.400. The van der Waals surface area contributed by atoms with Crippen LogP contribution in [0.3, 0.4) is 0 Å². The van der Waals surface area contributed by atoms with Crippen LogP contribution in [0.1, 0.15) is 29.7 Å². The van der Waals surface area contributed by atoms with Gasteiger partial charge < -0.3 is 5.32 Å². The first-order valence-corrected chi connectivity index (χ1v) is 7.40. The van der Waals surface area contributed by atoms with Crippen molar-refractivity contribution in [1.29, 1.82) is 0 Å². The van der Waals surface area contributed by atoms with Crippen molar-refractivity contribution < 1.29 is 0 Å². The molecule has 0 spiro atoms. The molecule has 0 saturated heterocycles. The maximum atomic E-state index is 6.31. The number of hydrogen-bond donors (Lipinski definition) is 1. The van der Waals surface area contributed by atoms with Crippen LogP contribution in [0.15, 0.2) is 12.1 Å². The Morgan fingerprint density at radius 2 is 2.00 bits per heavy atom. The lowest BCUT2D eigenvalue weighted by Gasteiger charge is -2.21. The summed E-state index contributed by atoms with van der Waals surface area (Å²) in [5.41, 5.74) is 4.81. The van der Waals surface area contributed by atoms with Crippen LogP contribution < -0.4 is 5.32 Å². The molecule has 2 aromatic rings. The number of benzene rings is 1. The standard InChI is InChI=1S/C15H16Cl2N2/c1-18-8-12-10-4-2-3-5-14(10)19-15-11(12)6-9(16)7-13(15)17/h6-7,18H,2-5,8H2,1H3. The van der Waals surface area contributed by atoms with E-state index in [1.165, 1.54) is 29.7 Å². The second-order valence-corrected chi connectivity index (χ2v) is 5.88. The number of rotatable bonds is 2. The fourth-order valence-corrected chi connectivity index (χ4v) is 3.46. The molecule has 0 fully saturated rings. The second-order valence-electron chi connectivity index (χ2n) is 5.04. The summed E-state index contributed by atoms with van der Waals surface area (Å²) in [4.78, 5) is 4.78. The van der Waals surface area contributed by atoms with Gasteiger partial charge in [0.25, 0.3) is 0 Å². The van der Waals surface area contributed by atoms with E-state index < -0.39 is 0 Å². The molecule has 19 heavy (non-hydrogen) atoms. The van der Waals surface area contributed by atoms with Gasteiger partial charge in [0.2, 0.25) is 0 Å². The van der Waals surface area contributed by atoms with E-state index in [0.29, 0.717) is 10.0 Å². The Morgan fingerprint density at radius 1 is 1.21 bits per heavy atom. The molecule has 0 saturated carbocycles. The highest BCUT2D eigenvalue weighted by Gasteiger charge is 2.19. The van der Waals surface area contributed by atoms with Gasteiger partial charge in [-0.3, -0.25) is 4.98 Å². The molecule has 0 amide bonds. The van der Waals surface area contributed by atoms with Crippen LogP contribution in [-0.2, 0) is 19.4 Å². The molecular weight excluding hydrogens is 279 g/mol. The molecule has 3 rings (SSSR count). The number of aryl methyl sites for hydroxylation is 1. The van der Waals surface area contributed by atoms with E-state index in [4.69, 9.17) is 28.2 Å². The van der Waals surface area contributed by atoms with E-state index in [1.807, 2.05) is 13.1 Å². The predicted molar refractivity (Wildman–Crippen MR) is 81.2 cm³/mol. The van der Waals surface area contributed by atoms with Gasteiger partial charge in [-0.05, 0) is 56.0 Å². The van der Waals surface area contributed by atoms with Gasteiger partial charge in [-0.25, -0.2) is 0 Å². The number of nitrogens with zero attached hydrogens (tertiary/aromatic N) is 1. The minimum atomic E-state index is 0.647. The molecule has 0 radical (unpaired) electrons. The van der Waals surface area contributed by atoms with Crippen molar-refractivity contribution in [2.75, 3.05) is 7.05 Å². The maximum absolute atomic E-state index is 6.31. The zero-order valence-corrected chi connectivity index (χ0v) is 12.4. The quantitative estimate of drug-likeness (QED) is 0.900. The zero-order valence-electron chi connectivity index (χ0n) is 10.9. The average Bonchev–Trinajstić information content (AvgIpc) is 2.40. The highest BCUT2D eigenvalue weighted by molar-refractivity contribution is 6.38. The average molecular weight is 295 g/mol. The van der Waals surface area contributed by atoms with Crippen molar-refractivity contribution in [3.8, 4) is 0 Å². The van der Waals surface area contributed by atoms with Crippen molar-refractivity contribution in [2.24, 2.45) is 0 Å². The molecule has 100 valence electrons. The van der Waals surface area contributed by atoms with Crippen LogP contribution in [0.2, 0.25) is 10.0 Å². The Kier molecular flexibility index (Phi) is 3.66. The number of pyridine rings is 1. The van der Waals surface area contributed by atoms with Gasteiger partial charge >= 0.3 is 0 Å². The molecule has 1 aromatic carbocycles. The fourth-order valence-electron chi connectivity index (χ4n) is 2.92. The smallest absolute Gasteiger partial charge is 0.0895 e. The van der Waals surface area contributed by atoms with Crippen LogP contribution in [0.25, 0.3) is 10.9 Å². The third-order valence-corrected chi connectivity index (χ3v) is 4.26. The summed E-state index contributed by atoms with van der Waals surface area (Å²) in [5.74, 6) is 0. The van der Waals surface area contributed by atoms with E-state index in [2.05, 4.69) is 5.32 Å². The van der Waals surface area contributed by atoms with E-state index in [9.17, 15) is 0 Å². The number of halogens is 2. The Morgan fingerprint density at radius 3 is 2.79 bits per heavy atom. The van der Waals surface area contributed by atoms with Crippen molar-refractivity contribution in [3.63, 3.8) is 0 Å². The van der Waals surface area contributed by atoms with Crippen LogP contribution in [0.5, 0.6) is 0 Å². The van der Waals surface area contributed by atoms with Crippen LogP contribution in [-0.4, -0.2) is 12.0 Å². The normalized spacial score (nSPS) is 14.7. The Hall–Kier alpha value is -0.830. The largest absolute Gasteiger partial charge is 0.316 e. The summed E-state index contributed by atoms with van der Waals surface area (Å²) in [6.07, 6.45) is 4.63. The third kappa shape index (κ3) is 2.33. The Labute approximate surface area is 123 Å². The Bertz CT molecular complexity index is 638. The molecule has 1 N–H and O–H groups in total. The van der Waals surface area contributed by atoms with Crippen LogP contribution in [0, 0.1) is 0 Å². The second kappa shape index (κ2) is 5.28. The molecule has 0 unspecified atom stereocenters. The number of nitrogens with one attached hydrogen (secondary N) is 1. The minimum Gasteiger partial charge on any atom is -0.316 e. The molecule has 1 aliphatic carbocycles. The summed E-state index contributed by atoms with van der Waals surface area (Å²) in [5, 5.41) is 5.66. The molecule has 2 nitrogen and oxygen atoms in total. The zero-order chi connectivity index (χ0) is 13.4. The van der Waals surface area contributed by atoms with Gasteiger partial charge in [-0.1, -0.05) is 23.2 Å². The molecule has 1 aliphatic rings. The summed E-state index contributed by atoms with van der Waals surface area (Å²) >= 11 is 12.5. The van der Waals surface area contributed by atoms with E-state index >= 15 is 0 Å². The maximum Gasteiger partial charge on any atom is 0.0895 e. The van der Waals surface area contributed by atoms with Gasteiger partial charge in [-0.15, -0.1) is 0 Å². The molecule has 0 atom stereocenters. The first-order chi connectivity index (χ1) is 9.20. The van der Waals surface area contributed by atoms with Crippen LogP contribution in [0.4, 0.5) is 0 Å². The van der Waals surface area contributed by atoms with Crippen molar-refractivity contribution in [2.45, 2.75) is 32.2 Å². The van der Waals surface area contributed by atoms with E-state index in [-0.39, 0.29) is 0 Å². The Balaban J connectivity index is 2.35. The molecule has 0 aliphatic heterocycles. The first kappa shape index (κ1) is 13.2. The summed E-state index contributed by atoms with van der Waals surface area (Å²) < 4.78 is 0. The topological polar surface area (TPSA) is 24.9 Å². The lowest BCUT2D eigenvalue weighted by atomic mass is 9.90. The monoisotopic (exact) mass is 294 g/mol. The lowest BCUT2D eigenvalue weighted by Crippen LogP contribution is -2.14. The number of hydrogen-bond acceptors (Lipinski definition) is 2. The SMILES string of the molecule is CNCc1c2c(nc3c(Cl)cc(Cl)cc13)CCCC2. The molecular formula is C15H16Cl2N2. The van der Waals surface area contributed by atoms with Gasteiger partial charge in [0, 0.05) is 22.6 Å². The first-order valence-electron chi connectivity index (χ1n) is 6.64. The van der Waals surface area contributed by atoms with Crippen molar-refractivity contribution in [3.05, 3.63) is 39.0 Å². The van der Waals surface area contributed by atoms with Gasteiger partial charge in [0.05, 0.1) is 10.5 Å². The summed E-state index contributed by atoms with van der Waals surface area (Å²) in [7, 11) is 1.97. The molecule has 4 heteroatoms. The third-order valence-electron chi connectivity index (χ3n) is 3.76. The minimum absolute atomic E-state index is 0.647. The van der Waals surface area contributed by atoms with Gasteiger partial charge in [0.1, 0.15) is 0 Å². The van der Waals surface area contributed by atoms with Crippen molar-refractivity contribution in [1.82, 2.24) is 10.3 Å². The van der Waals surface area contributed by atoms with Crippen molar-refractivity contribution >= 4 is 34.1 Å². The lowest BCUT2D eigenvalue weighted by molar-refractivity contribution is 0.659. The van der Waals surface area contributed by atoms with Gasteiger partial charge in [-0.2, -0.15) is 0 Å². The molecule has 1 heterocycles.